The largest absolute Gasteiger partial charge is 0.345 e. The van der Waals surface area contributed by atoms with Gasteiger partial charge in [0.2, 0.25) is 0 Å². The lowest BCUT2D eigenvalue weighted by molar-refractivity contribution is 0.0778. The average molecular weight is 312 g/mol. The van der Waals surface area contributed by atoms with Crippen LogP contribution in [0.3, 0.4) is 0 Å². The molecule has 1 aromatic carbocycles. The van der Waals surface area contributed by atoms with Crippen molar-refractivity contribution in [2.75, 3.05) is 26.2 Å². The number of imidazole rings is 1. The van der Waals surface area contributed by atoms with Crippen molar-refractivity contribution in [3.05, 3.63) is 42.2 Å². The van der Waals surface area contributed by atoms with E-state index in [-0.39, 0.29) is 5.91 Å². The molecular weight excluding hydrogens is 288 g/mol. The summed E-state index contributed by atoms with van der Waals surface area (Å²) in [6.07, 6.45) is 4.54. The topological polar surface area (TPSA) is 52.2 Å². The van der Waals surface area contributed by atoms with Crippen LogP contribution in [0, 0.1) is 0 Å². The molecule has 5 nitrogen and oxygen atoms in total. The van der Waals surface area contributed by atoms with Gasteiger partial charge in [-0.2, -0.15) is 0 Å². The van der Waals surface area contributed by atoms with E-state index >= 15 is 0 Å². The minimum Gasteiger partial charge on any atom is -0.345 e. The first-order valence-electron chi connectivity index (χ1n) is 8.36. The Morgan fingerprint density at radius 3 is 2.83 bits per heavy atom. The van der Waals surface area contributed by atoms with Crippen molar-refractivity contribution in [3.8, 4) is 11.4 Å². The van der Waals surface area contributed by atoms with Crippen molar-refractivity contribution in [2.24, 2.45) is 0 Å². The molecule has 0 bridgehead atoms. The zero-order chi connectivity index (χ0) is 16.2. The van der Waals surface area contributed by atoms with Gasteiger partial charge in [0.1, 0.15) is 5.82 Å². The van der Waals surface area contributed by atoms with E-state index < -0.39 is 0 Å². The van der Waals surface area contributed by atoms with Gasteiger partial charge in [-0.15, -0.1) is 0 Å². The molecule has 1 saturated heterocycles. The molecule has 1 amide bonds. The van der Waals surface area contributed by atoms with Gasteiger partial charge in [-0.25, -0.2) is 4.98 Å². The molecule has 2 aromatic rings. The van der Waals surface area contributed by atoms with Gasteiger partial charge in [0, 0.05) is 37.1 Å². The zero-order valence-electron chi connectivity index (χ0n) is 13.8. The number of hydrogen-bond acceptors (Lipinski definition) is 3. The fourth-order valence-corrected chi connectivity index (χ4v) is 3.42. The van der Waals surface area contributed by atoms with Gasteiger partial charge in [0.15, 0.2) is 0 Å². The van der Waals surface area contributed by atoms with Crippen LogP contribution in [0.2, 0.25) is 0 Å². The quantitative estimate of drug-likeness (QED) is 0.923. The van der Waals surface area contributed by atoms with E-state index in [1.165, 1.54) is 0 Å². The molecule has 0 saturated carbocycles. The number of H-pyrrole nitrogens is 1. The van der Waals surface area contributed by atoms with E-state index in [0.717, 1.165) is 49.6 Å². The van der Waals surface area contributed by atoms with Crippen molar-refractivity contribution in [2.45, 2.75) is 26.3 Å². The Hall–Kier alpha value is -2.14. The van der Waals surface area contributed by atoms with Crippen LogP contribution in [0.4, 0.5) is 0 Å². The zero-order valence-corrected chi connectivity index (χ0v) is 13.8. The standard InChI is InChI=1S/C18H24N4O/c1-3-21(4-2)14-9-12-22(13-14)18(23)16-8-6-5-7-15(16)17-19-10-11-20-17/h5-8,10-11,14H,3-4,9,12-13H2,1-2H3,(H,19,20)/t14-/m0/s1. The van der Waals surface area contributed by atoms with Gasteiger partial charge < -0.3 is 9.88 Å². The number of amides is 1. The molecule has 3 rings (SSSR count). The monoisotopic (exact) mass is 312 g/mol. The van der Waals surface area contributed by atoms with Crippen molar-refractivity contribution in [1.82, 2.24) is 19.8 Å². The second-order valence-electron chi connectivity index (χ2n) is 5.90. The first kappa shape index (κ1) is 15.7. The highest BCUT2D eigenvalue weighted by molar-refractivity contribution is 6.00. The highest BCUT2D eigenvalue weighted by Crippen LogP contribution is 2.24. The number of nitrogens with zero attached hydrogens (tertiary/aromatic N) is 3. The van der Waals surface area contributed by atoms with Crippen LogP contribution in [-0.2, 0) is 0 Å². The normalized spacial score (nSPS) is 17.9. The Morgan fingerprint density at radius 2 is 2.13 bits per heavy atom. The lowest BCUT2D eigenvalue weighted by Crippen LogP contribution is -2.38. The van der Waals surface area contributed by atoms with Gasteiger partial charge >= 0.3 is 0 Å². The summed E-state index contributed by atoms with van der Waals surface area (Å²) in [5.74, 6) is 0.847. The lowest BCUT2D eigenvalue weighted by Gasteiger charge is -2.26. The van der Waals surface area contributed by atoms with E-state index in [2.05, 4.69) is 28.7 Å². The predicted octanol–water partition coefficient (Wildman–Crippen LogP) is 2.63. The molecule has 1 atom stereocenters. The summed E-state index contributed by atoms with van der Waals surface area (Å²) in [7, 11) is 0. The summed E-state index contributed by atoms with van der Waals surface area (Å²) < 4.78 is 0. The van der Waals surface area contributed by atoms with Crippen LogP contribution in [0.25, 0.3) is 11.4 Å². The maximum Gasteiger partial charge on any atom is 0.254 e. The predicted molar refractivity (Wildman–Crippen MR) is 91.3 cm³/mol. The molecule has 23 heavy (non-hydrogen) atoms. The van der Waals surface area contributed by atoms with E-state index in [9.17, 15) is 4.79 Å². The molecule has 0 aliphatic carbocycles. The van der Waals surface area contributed by atoms with Gasteiger partial charge in [0.25, 0.3) is 5.91 Å². The molecule has 2 heterocycles. The van der Waals surface area contributed by atoms with E-state index in [1.54, 1.807) is 12.4 Å². The number of hydrogen-bond donors (Lipinski definition) is 1. The molecule has 0 radical (unpaired) electrons. The Kier molecular flexibility index (Phi) is 4.76. The van der Waals surface area contributed by atoms with Crippen LogP contribution in [0.1, 0.15) is 30.6 Å². The molecule has 1 aliphatic rings. The van der Waals surface area contributed by atoms with E-state index in [0.29, 0.717) is 6.04 Å². The summed E-state index contributed by atoms with van der Waals surface area (Å²) in [4.78, 5) is 24.8. The average Bonchev–Trinajstić information content (AvgIpc) is 3.27. The first-order chi connectivity index (χ1) is 11.2. The lowest BCUT2D eigenvalue weighted by atomic mass is 10.1. The third-order valence-electron chi connectivity index (χ3n) is 4.69. The highest BCUT2D eigenvalue weighted by atomic mass is 16.2. The smallest absolute Gasteiger partial charge is 0.254 e. The van der Waals surface area contributed by atoms with Gasteiger partial charge in [-0.1, -0.05) is 32.0 Å². The van der Waals surface area contributed by atoms with Gasteiger partial charge in [-0.05, 0) is 25.6 Å². The fourth-order valence-electron chi connectivity index (χ4n) is 3.42. The number of aromatic nitrogens is 2. The molecule has 1 aromatic heterocycles. The first-order valence-corrected chi connectivity index (χ1v) is 8.36. The van der Waals surface area contributed by atoms with E-state index in [1.807, 2.05) is 29.2 Å². The number of benzene rings is 1. The molecule has 5 heteroatoms. The van der Waals surface area contributed by atoms with Crippen molar-refractivity contribution < 1.29 is 4.79 Å². The Bertz CT molecular complexity index is 649. The molecule has 122 valence electrons. The number of likely N-dealkylation sites (N-methyl/N-ethyl adjacent to an activating group) is 1. The van der Waals surface area contributed by atoms with Crippen molar-refractivity contribution >= 4 is 5.91 Å². The summed E-state index contributed by atoms with van der Waals surface area (Å²) >= 11 is 0. The minimum atomic E-state index is 0.103. The second-order valence-corrected chi connectivity index (χ2v) is 5.90. The summed E-state index contributed by atoms with van der Waals surface area (Å²) in [5.41, 5.74) is 1.59. The Labute approximate surface area is 137 Å². The SMILES string of the molecule is CCN(CC)[C@H]1CCN(C(=O)c2ccccc2-c2ncc[nH]2)C1. The molecular formula is C18H24N4O. The number of aromatic amines is 1. The Morgan fingerprint density at radius 1 is 1.35 bits per heavy atom. The maximum atomic E-state index is 13.0. The minimum absolute atomic E-state index is 0.103. The molecule has 1 N–H and O–H groups in total. The third kappa shape index (κ3) is 3.15. The van der Waals surface area contributed by atoms with Crippen LogP contribution < -0.4 is 0 Å². The Balaban J connectivity index is 1.80. The molecule has 0 spiro atoms. The number of rotatable bonds is 5. The molecule has 0 unspecified atom stereocenters. The molecule has 1 aliphatic heterocycles. The van der Waals surface area contributed by atoms with Crippen molar-refractivity contribution in [1.29, 1.82) is 0 Å². The fraction of sp³-hybridized carbons (Fsp3) is 0.444. The second kappa shape index (κ2) is 6.96. The molecule has 1 fully saturated rings. The van der Waals surface area contributed by atoms with Crippen LogP contribution in [0.5, 0.6) is 0 Å². The third-order valence-corrected chi connectivity index (χ3v) is 4.69. The summed E-state index contributed by atoms with van der Waals surface area (Å²) in [6.45, 7) is 8.07. The van der Waals surface area contributed by atoms with Gasteiger partial charge in [0.05, 0.1) is 5.56 Å². The number of carbonyl (C=O) groups excluding carboxylic acids is 1. The highest BCUT2D eigenvalue weighted by Gasteiger charge is 2.30. The van der Waals surface area contributed by atoms with Crippen LogP contribution in [-0.4, -0.2) is 57.9 Å². The van der Waals surface area contributed by atoms with E-state index in [4.69, 9.17) is 0 Å². The van der Waals surface area contributed by atoms with Crippen LogP contribution >= 0.6 is 0 Å². The number of carbonyl (C=O) groups is 1. The summed E-state index contributed by atoms with van der Waals surface area (Å²) in [6, 6.07) is 8.17. The number of likely N-dealkylation sites (tertiary alicyclic amines) is 1. The maximum absolute atomic E-state index is 13.0. The number of nitrogens with one attached hydrogen (secondary N) is 1. The van der Waals surface area contributed by atoms with Crippen molar-refractivity contribution in [3.63, 3.8) is 0 Å². The van der Waals surface area contributed by atoms with Crippen LogP contribution in [0.15, 0.2) is 36.7 Å². The van der Waals surface area contributed by atoms with Gasteiger partial charge in [-0.3, -0.25) is 9.69 Å². The summed E-state index contributed by atoms with van der Waals surface area (Å²) in [5, 5.41) is 0.